The summed E-state index contributed by atoms with van der Waals surface area (Å²) in [5, 5.41) is 2.51. The van der Waals surface area contributed by atoms with E-state index < -0.39 is 0 Å². The SMILES string of the molecule is Cc1ccc(-c2nc(C(=O)N3CC[C@@H](N)C3)cs2)o1. The van der Waals surface area contributed by atoms with Crippen molar-refractivity contribution < 1.29 is 9.21 Å². The number of hydrogen-bond donors (Lipinski definition) is 1. The predicted molar refractivity (Wildman–Crippen MR) is 73.0 cm³/mol. The fraction of sp³-hybridized carbons (Fsp3) is 0.385. The molecular weight excluding hydrogens is 262 g/mol. The molecule has 19 heavy (non-hydrogen) atoms. The Bertz CT molecular complexity index is 605. The maximum atomic E-state index is 12.2. The first kappa shape index (κ1) is 12.4. The van der Waals surface area contributed by atoms with Gasteiger partial charge in [-0.05, 0) is 25.5 Å². The molecule has 6 heteroatoms. The van der Waals surface area contributed by atoms with Crippen LogP contribution in [-0.2, 0) is 0 Å². The predicted octanol–water partition coefficient (Wildman–Crippen LogP) is 1.88. The van der Waals surface area contributed by atoms with Gasteiger partial charge in [-0.2, -0.15) is 0 Å². The van der Waals surface area contributed by atoms with Crippen molar-refractivity contribution in [3.8, 4) is 10.8 Å². The highest BCUT2D eigenvalue weighted by atomic mass is 32.1. The quantitative estimate of drug-likeness (QED) is 0.909. The van der Waals surface area contributed by atoms with Crippen molar-refractivity contribution in [2.24, 2.45) is 5.73 Å². The molecule has 3 heterocycles. The molecule has 0 aromatic carbocycles. The molecule has 1 saturated heterocycles. The van der Waals surface area contributed by atoms with E-state index in [0.29, 0.717) is 24.5 Å². The lowest BCUT2D eigenvalue weighted by atomic mass is 10.3. The molecule has 5 nitrogen and oxygen atoms in total. The molecule has 100 valence electrons. The van der Waals surface area contributed by atoms with E-state index in [0.717, 1.165) is 17.2 Å². The van der Waals surface area contributed by atoms with Gasteiger partial charge in [0.25, 0.3) is 5.91 Å². The highest BCUT2D eigenvalue weighted by molar-refractivity contribution is 7.13. The second-order valence-corrected chi connectivity index (χ2v) is 5.61. The summed E-state index contributed by atoms with van der Waals surface area (Å²) in [7, 11) is 0. The van der Waals surface area contributed by atoms with Crippen molar-refractivity contribution in [2.45, 2.75) is 19.4 Å². The monoisotopic (exact) mass is 277 g/mol. The molecule has 2 N–H and O–H groups in total. The van der Waals surface area contributed by atoms with E-state index in [1.54, 1.807) is 10.3 Å². The average Bonchev–Trinajstić information content (AvgIpc) is 3.07. The smallest absolute Gasteiger partial charge is 0.273 e. The van der Waals surface area contributed by atoms with Crippen LogP contribution in [0.4, 0.5) is 0 Å². The molecule has 0 bridgehead atoms. The summed E-state index contributed by atoms with van der Waals surface area (Å²) in [4.78, 5) is 18.3. The highest BCUT2D eigenvalue weighted by Crippen LogP contribution is 2.26. The number of aryl methyl sites for hydroxylation is 1. The molecule has 0 spiro atoms. The average molecular weight is 277 g/mol. The summed E-state index contributed by atoms with van der Waals surface area (Å²) in [6.45, 7) is 3.22. The Morgan fingerprint density at radius 1 is 1.58 bits per heavy atom. The number of aromatic nitrogens is 1. The first-order chi connectivity index (χ1) is 9.13. The maximum absolute atomic E-state index is 12.2. The number of carbonyl (C=O) groups is 1. The van der Waals surface area contributed by atoms with Crippen molar-refractivity contribution in [3.05, 3.63) is 29.0 Å². The summed E-state index contributed by atoms with van der Waals surface area (Å²) >= 11 is 1.42. The van der Waals surface area contributed by atoms with Gasteiger partial charge in [0, 0.05) is 24.5 Å². The second-order valence-electron chi connectivity index (χ2n) is 4.75. The molecule has 0 aliphatic carbocycles. The molecule has 2 aromatic rings. The van der Waals surface area contributed by atoms with E-state index in [9.17, 15) is 4.79 Å². The zero-order valence-corrected chi connectivity index (χ0v) is 11.4. The third kappa shape index (κ3) is 2.41. The number of hydrogen-bond acceptors (Lipinski definition) is 5. The van der Waals surface area contributed by atoms with Crippen LogP contribution in [0.5, 0.6) is 0 Å². The summed E-state index contributed by atoms with van der Waals surface area (Å²) < 4.78 is 5.51. The van der Waals surface area contributed by atoms with Gasteiger partial charge in [0.15, 0.2) is 10.8 Å². The number of nitrogens with two attached hydrogens (primary N) is 1. The lowest BCUT2D eigenvalue weighted by molar-refractivity contribution is 0.0786. The molecule has 1 aliphatic rings. The van der Waals surface area contributed by atoms with Crippen LogP contribution in [0.1, 0.15) is 22.7 Å². The van der Waals surface area contributed by atoms with Gasteiger partial charge < -0.3 is 15.1 Å². The minimum atomic E-state index is -0.0428. The summed E-state index contributed by atoms with van der Waals surface area (Å²) in [6.07, 6.45) is 0.861. The Balaban J connectivity index is 1.79. The molecule has 0 radical (unpaired) electrons. The van der Waals surface area contributed by atoms with Gasteiger partial charge in [-0.15, -0.1) is 11.3 Å². The molecule has 1 aliphatic heterocycles. The third-order valence-corrected chi connectivity index (χ3v) is 4.04. The Hall–Kier alpha value is -1.66. The van der Waals surface area contributed by atoms with Gasteiger partial charge in [-0.3, -0.25) is 4.79 Å². The zero-order valence-electron chi connectivity index (χ0n) is 10.6. The van der Waals surface area contributed by atoms with Gasteiger partial charge in [-0.25, -0.2) is 4.98 Å². The highest BCUT2D eigenvalue weighted by Gasteiger charge is 2.26. The van der Waals surface area contributed by atoms with Gasteiger partial charge in [0.1, 0.15) is 11.5 Å². The molecule has 1 amide bonds. The Labute approximate surface area is 115 Å². The topological polar surface area (TPSA) is 72.4 Å². The van der Waals surface area contributed by atoms with Crippen LogP contribution in [0.2, 0.25) is 0 Å². The fourth-order valence-corrected chi connectivity index (χ4v) is 2.92. The van der Waals surface area contributed by atoms with Crippen LogP contribution in [0.25, 0.3) is 10.8 Å². The maximum Gasteiger partial charge on any atom is 0.273 e. The second kappa shape index (κ2) is 4.79. The first-order valence-corrected chi connectivity index (χ1v) is 7.08. The number of nitrogens with zero attached hydrogens (tertiary/aromatic N) is 2. The van der Waals surface area contributed by atoms with Crippen LogP contribution < -0.4 is 5.73 Å². The largest absolute Gasteiger partial charge is 0.459 e. The molecule has 1 fully saturated rings. The number of furan rings is 1. The van der Waals surface area contributed by atoms with Crippen LogP contribution in [0.3, 0.4) is 0 Å². The van der Waals surface area contributed by atoms with Crippen molar-refractivity contribution >= 4 is 17.2 Å². The van der Waals surface area contributed by atoms with Crippen LogP contribution in [-0.4, -0.2) is 34.9 Å². The van der Waals surface area contributed by atoms with Gasteiger partial charge in [0.2, 0.25) is 0 Å². The van der Waals surface area contributed by atoms with E-state index in [2.05, 4.69) is 4.98 Å². The number of amides is 1. The van der Waals surface area contributed by atoms with Crippen molar-refractivity contribution in [1.29, 1.82) is 0 Å². The molecule has 0 unspecified atom stereocenters. The van der Waals surface area contributed by atoms with Crippen LogP contribution >= 0.6 is 11.3 Å². The molecule has 1 atom stereocenters. The summed E-state index contributed by atoms with van der Waals surface area (Å²) in [6, 6.07) is 3.85. The van der Waals surface area contributed by atoms with Crippen LogP contribution in [0, 0.1) is 6.92 Å². The first-order valence-electron chi connectivity index (χ1n) is 6.20. The Kier molecular flexibility index (Phi) is 3.12. The van der Waals surface area contributed by atoms with E-state index in [1.807, 2.05) is 19.1 Å². The van der Waals surface area contributed by atoms with E-state index in [4.69, 9.17) is 10.2 Å². The summed E-state index contributed by atoms with van der Waals surface area (Å²) in [5.41, 5.74) is 6.29. The van der Waals surface area contributed by atoms with Crippen LogP contribution in [0.15, 0.2) is 21.9 Å². The number of likely N-dealkylation sites (tertiary alicyclic amines) is 1. The van der Waals surface area contributed by atoms with Gasteiger partial charge in [-0.1, -0.05) is 0 Å². The molecular formula is C13H15N3O2S. The van der Waals surface area contributed by atoms with Crippen molar-refractivity contribution in [2.75, 3.05) is 13.1 Å². The normalized spacial score (nSPS) is 19.1. The van der Waals surface area contributed by atoms with E-state index >= 15 is 0 Å². The minimum absolute atomic E-state index is 0.0428. The lowest BCUT2D eigenvalue weighted by Crippen LogP contribution is -2.32. The third-order valence-electron chi connectivity index (χ3n) is 3.19. The van der Waals surface area contributed by atoms with Crippen molar-refractivity contribution in [3.63, 3.8) is 0 Å². The molecule has 2 aromatic heterocycles. The fourth-order valence-electron chi connectivity index (χ4n) is 2.17. The molecule has 0 saturated carbocycles. The van der Waals surface area contributed by atoms with Crippen molar-refractivity contribution in [1.82, 2.24) is 9.88 Å². The zero-order chi connectivity index (χ0) is 13.4. The van der Waals surface area contributed by atoms with E-state index in [1.165, 1.54) is 11.3 Å². The van der Waals surface area contributed by atoms with Gasteiger partial charge in [0.05, 0.1) is 0 Å². The number of rotatable bonds is 2. The summed E-state index contributed by atoms with van der Waals surface area (Å²) in [5.74, 6) is 1.50. The standard InChI is InChI=1S/C13H15N3O2S/c1-8-2-3-11(18-8)12-15-10(7-19-12)13(17)16-5-4-9(14)6-16/h2-3,7,9H,4-6,14H2,1H3/t9-/m1/s1. The number of thiazole rings is 1. The Morgan fingerprint density at radius 2 is 2.42 bits per heavy atom. The van der Waals surface area contributed by atoms with E-state index in [-0.39, 0.29) is 11.9 Å². The minimum Gasteiger partial charge on any atom is -0.459 e. The van der Waals surface area contributed by atoms with Gasteiger partial charge >= 0.3 is 0 Å². The number of carbonyl (C=O) groups excluding carboxylic acids is 1. The lowest BCUT2D eigenvalue weighted by Gasteiger charge is -2.13. The molecule has 3 rings (SSSR count). The Morgan fingerprint density at radius 3 is 3.05 bits per heavy atom.